The van der Waals surface area contributed by atoms with E-state index in [4.69, 9.17) is 4.74 Å². The molecule has 1 aliphatic heterocycles. The Labute approximate surface area is 169 Å². The van der Waals surface area contributed by atoms with Crippen LogP contribution in [0.3, 0.4) is 0 Å². The number of hydrogen-bond donors (Lipinski definition) is 3. The minimum Gasteiger partial charge on any atom is -0.450 e. The van der Waals surface area contributed by atoms with Crippen LogP contribution in [0, 0.1) is 0 Å². The highest BCUT2D eigenvalue weighted by Crippen LogP contribution is 2.31. The molecule has 2 aliphatic rings. The van der Waals surface area contributed by atoms with Crippen LogP contribution in [-0.4, -0.2) is 65.7 Å². The van der Waals surface area contributed by atoms with Crippen LogP contribution in [0.2, 0.25) is 0 Å². The van der Waals surface area contributed by atoms with Crippen molar-refractivity contribution in [2.75, 3.05) is 19.7 Å². The third kappa shape index (κ3) is 6.74. The molecule has 0 aromatic heterocycles. The molecule has 3 N–H and O–H groups in total. The van der Waals surface area contributed by atoms with E-state index in [2.05, 4.69) is 21.9 Å². The zero-order valence-corrected chi connectivity index (χ0v) is 16.9. The number of nitrogens with one attached hydrogen (secondary N) is 3. The second-order valence-electron chi connectivity index (χ2n) is 6.69. The highest BCUT2D eigenvalue weighted by molar-refractivity contribution is 7.98. The summed E-state index contributed by atoms with van der Waals surface area (Å²) >= 11 is 1.38. The lowest BCUT2D eigenvalue weighted by Gasteiger charge is -2.26. The zero-order valence-electron chi connectivity index (χ0n) is 16.1. The first kappa shape index (κ1) is 22.1. The maximum Gasteiger partial charge on any atom is 0.407 e. The monoisotopic (exact) mass is 412 g/mol. The summed E-state index contributed by atoms with van der Waals surface area (Å²) in [7, 11) is 0. The molecule has 0 bridgehead atoms. The van der Waals surface area contributed by atoms with Gasteiger partial charge in [-0.3, -0.25) is 19.1 Å². The van der Waals surface area contributed by atoms with Gasteiger partial charge in [0.05, 0.1) is 6.61 Å². The molecular formula is C18H28N4O5S. The average Bonchev–Trinajstić information content (AvgIpc) is 3.37. The number of hydrogen-bond acceptors (Lipinski definition) is 6. The normalized spacial score (nSPS) is 19.5. The number of alkyl carbamates (subject to hydrolysis) is 1. The van der Waals surface area contributed by atoms with E-state index in [1.807, 2.05) is 0 Å². The molecule has 1 saturated heterocycles. The minimum absolute atomic E-state index is 0.209. The number of nitrogens with zero attached hydrogens (tertiary/aromatic N) is 1. The number of carbonyl (C=O) groups is 4. The molecule has 4 amide bonds. The SMILES string of the molecule is C=CCC(NC(=O)C1CCCN1C(=O)CNC(=O)OCC)C(=O)NSC1CC1. The van der Waals surface area contributed by atoms with Gasteiger partial charge in [0.25, 0.3) is 5.91 Å². The first-order valence-electron chi connectivity index (χ1n) is 9.53. The van der Waals surface area contributed by atoms with Crippen LogP contribution >= 0.6 is 11.9 Å². The summed E-state index contributed by atoms with van der Waals surface area (Å²) in [6.45, 7) is 5.71. The van der Waals surface area contributed by atoms with Crippen molar-refractivity contribution < 1.29 is 23.9 Å². The summed E-state index contributed by atoms with van der Waals surface area (Å²) in [5, 5.41) is 5.56. The summed E-state index contributed by atoms with van der Waals surface area (Å²) in [6, 6.07) is -1.39. The lowest BCUT2D eigenvalue weighted by Crippen LogP contribution is -2.53. The van der Waals surface area contributed by atoms with Gasteiger partial charge in [-0.15, -0.1) is 6.58 Å². The Morgan fingerprint density at radius 2 is 2.04 bits per heavy atom. The summed E-state index contributed by atoms with van der Waals surface area (Å²) in [5.41, 5.74) is 0. The van der Waals surface area contributed by atoms with Crippen LogP contribution < -0.4 is 15.4 Å². The second kappa shape index (κ2) is 10.9. The van der Waals surface area contributed by atoms with Crippen molar-refractivity contribution in [1.29, 1.82) is 0 Å². The summed E-state index contributed by atoms with van der Waals surface area (Å²) in [5.74, 6) is -1.01. The third-order valence-electron chi connectivity index (χ3n) is 4.42. The number of rotatable bonds is 10. The van der Waals surface area contributed by atoms with E-state index >= 15 is 0 Å². The van der Waals surface area contributed by atoms with Crippen LogP contribution in [0.4, 0.5) is 4.79 Å². The van der Waals surface area contributed by atoms with E-state index in [1.54, 1.807) is 13.0 Å². The zero-order chi connectivity index (χ0) is 20.5. The lowest BCUT2D eigenvalue weighted by atomic mass is 10.1. The van der Waals surface area contributed by atoms with Crippen molar-refractivity contribution in [3.63, 3.8) is 0 Å². The smallest absolute Gasteiger partial charge is 0.407 e. The predicted molar refractivity (Wildman–Crippen MR) is 105 cm³/mol. The Bertz CT molecular complexity index is 611. The molecule has 156 valence electrons. The largest absolute Gasteiger partial charge is 0.450 e. The quantitative estimate of drug-likeness (QED) is 0.359. The van der Waals surface area contributed by atoms with E-state index < -0.39 is 18.2 Å². The van der Waals surface area contributed by atoms with Gasteiger partial charge >= 0.3 is 6.09 Å². The molecule has 1 heterocycles. The standard InChI is InChI=1S/C18H28N4O5S/c1-3-6-13(16(24)21-28-12-8-9-12)20-17(25)14-7-5-10-22(14)15(23)11-19-18(26)27-4-2/h3,12-14H,1,4-11H2,2H3,(H,19,26)(H,20,25)(H,21,24). The molecule has 9 nitrogen and oxygen atoms in total. The van der Waals surface area contributed by atoms with Crippen molar-refractivity contribution in [2.45, 2.75) is 56.4 Å². The van der Waals surface area contributed by atoms with Crippen molar-refractivity contribution in [3.8, 4) is 0 Å². The molecule has 2 atom stereocenters. The van der Waals surface area contributed by atoms with Crippen molar-refractivity contribution >= 4 is 35.8 Å². The van der Waals surface area contributed by atoms with E-state index in [-0.39, 0.29) is 30.9 Å². The predicted octanol–water partition coefficient (Wildman–Crippen LogP) is 0.711. The molecule has 2 rings (SSSR count). The van der Waals surface area contributed by atoms with Crippen LogP contribution in [0.5, 0.6) is 0 Å². The molecule has 0 radical (unpaired) electrons. The number of amides is 4. The van der Waals surface area contributed by atoms with Crippen LogP contribution in [0.25, 0.3) is 0 Å². The summed E-state index contributed by atoms with van der Waals surface area (Å²) in [6.07, 6.45) is 4.56. The Kier molecular flexibility index (Phi) is 8.62. The van der Waals surface area contributed by atoms with E-state index in [0.29, 0.717) is 31.1 Å². The molecule has 0 spiro atoms. The third-order valence-corrected chi connectivity index (χ3v) is 5.54. The molecule has 1 aliphatic carbocycles. The fraction of sp³-hybridized carbons (Fsp3) is 0.667. The van der Waals surface area contributed by atoms with Gasteiger partial charge in [0.2, 0.25) is 11.8 Å². The van der Waals surface area contributed by atoms with Crippen LogP contribution in [0.1, 0.15) is 39.0 Å². The number of carbonyl (C=O) groups excluding carboxylic acids is 4. The maximum atomic E-state index is 12.7. The fourth-order valence-electron chi connectivity index (χ4n) is 2.83. The highest BCUT2D eigenvalue weighted by Gasteiger charge is 2.36. The lowest BCUT2D eigenvalue weighted by molar-refractivity contribution is -0.138. The molecule has 2 unspecified atom stereocenters. The van der Waals surface area contributed by atoms with Crippen molar-refractivity contribution in [2.24, 2.45) is 0 Å². The van der Waals surface area contributed by atoms with Crippen LogP contribution in [-0.2, 0) is 19.1 Å². The Morgan fingerprint density at radius 1 is 1.29 bits per heavy atom. The highest BCUT2D eigenvalue weighted by atomic mass is 32.2. The minimum atomic E-state index is -0.730. The van der Waals surface area contributed by atoms with Gasteiger partial charge < -0.3 is 20.3 Å². The van der Waals surface area contributed by atoms with Crippen molar-refractivity contribution in [1.82, 2.24) is 20.3 Å². The molecular weight excluding hydrogens is 384 g/mol. The maximum absolute atomic E-state index is 12.7. The van der Waals surface area contributed by atoms with Crippen LogP contribution in [0.15, 0.2) is 12.7 Å². The molecule has 10 heteroatoms. The molecule has 28 heavy (non-hydrogen) atoms. The van der Waals surface area contributed by atoms with E-state index in [0.717, 1.165) is 12.8 Å². The van der Waals surface area contributed by atoms with Gasteiger partial charge in [-0.2, -0.15) is 0 Å². The van der Waals surface area contributed by atoms with E-state index in [9.17, 15) is 19.2 Å². The Morgan fingerprint density at radius 3 is 2.68 bits per heavy atom. The second-order valence-corrected chi connectivity index (χ2v) is 7.79. The van der Waals surface area contributed by atoms with Gasteiger partial charge in [0, 0.05) is 11.8 Å². The summed E-state index contributed by atoms with van der Waals surface area (Å²) in [4.78, 5) is 50.2. The molecule has 1 saturated carbocycles. The summed E-state index contributed by atoms with van der Waals surface area (Å²) < 4.78 is 7.50. The molecule has 2 fully saturated rings. The van der Waals surface area contributed by atoms with Gasteiger partial charge in [-0.05, 0) is 51.0 Å². The number of ether oxygens (including phenoxy) is 1. The topological polar surface area (TPSA) is 117 Å². The average molecular weight is 413 g/mol. The van der Waals surface area contributed by atoms with Gasteiger partial charge in [-0.1, -0.05) is 6.08 Å². The Balaban J connectivity index is 1.88. The molecule has 0 aromatic rings. The van der Waals surface area contributed by atoms with Gasteiger partial charge in [-0.25, -0.2) is 4.79 Å². The first-order valence-corrected chi connectivity index (χ1v) is 10.4. The first-order chi connectivity index (χ1) is 13.5. The van der Waals surface area contributed by atoms with Crippen molar-refractivity contribution in [3.05, 3.63) is 12.7 Å². The number of likely N-dealkylation sites (tertiary alicyclic amines) is 1. The van der Waals surface area contributed by atoms with E-state index in [1.165, 1.54) is 16.8 Å². The Hall–Kier alpha value is -2.23. The fourth-order valence-corrected chi connectivity index (χ4v) is 3.63. The molecule has 0 aromatic carbocycles. The van der Waals surface area contributed by atoms with Gasteiger partial charge in [0.1, 0.15) is 18.6 Å². The van der Waals surface area contributed by atoms with Gasteiger partial charge in [0.15, 0.2) is 0 Å².